The molecule has 3 fully saturated rings. The zero-order valence-electron chi connectivity index (χ0n) is 21.8. The predicted molar refractivity (Wildman–Crippen MR) is 150 cm³/mol. The number of piperidine rings is 3. The Morgan fingerprint density at radius 3 is 2.41 bits per heavy atom. The van der Waals surface area contributed by atoms with Gasteiger partial charge in [-0.2, -0.15) is 8.42 Å². The molecule has 3 aliphatic heterocycles. The third-order valence-electron chi connectivity index (χ3n) is 8.62. The normalized spacial score (nSPS) is 25.1. The van der Waals surface area contributed by atoms with E-state index >= 15 is 0 Å². The third-order valence-corrected chi connectivity index (χ3v) is 9.93. The zero-order valence-corrected chi connectivity index (χ0v) is 23.3. The van der Waals surface area contributed by atoms with Crippen LogP contribution >= 0.6 is 0 Å². The second kappa shape index (κ2) is 11.2. The van der Waals surface area contributed by atoms with Gasteiger partial charge < -0.3 is 16.9 Å². The Morgan fingerprint density at radius 1 is 0.974 bits per heavy atom. The first-order valence-corrected chi connectivity index (χ1v) is 14.7. The molecule has 4 aromatic rings. The van der Waals surface area contributed by atoms with Crippen molar-refractivity contribution in [2.75, 3.05) is 13.1 Å². The number of rotatable bonds is 8. The summed E-state index contributed by atoms with van der Waals surface area (Å²) in [4.78, 5) is 4.74. The van der Waals surface area contributed by atoms with Crippen molar-refractivity contribution in [3.05, 3.63) is 121 Å². The number of nitrogens with zero attached hydrogens (tertiary/aromatic N) is 2. The highest BCUT2D eigenvalue weighted by atomic mass is 35.5. The summed E-state index contributed by atoms with van der Waals surface area (Å²) in [6.07, 6.45) is 5.22. The summed E-state index contributed by atoms with van der Waals surface area (Å²) in [5.74, 6) is 0.871. The Morgan fingerprint density at radius 2 is 1.67 bits per heavy atom. The summed E-state index contributed by atoms with van der Waals surface area (Å²) in [6, 6.07) is 28.9. The van der Waals surface area contributed by atoms with Crippen LogP contribution in [-0.4, -0.2) is 37.0 Å². The van der Waals surface area contributed by atoms with Gasteiger partial charge in [0.1, 0.15) is 12.6 Å². The van der Waals surface area contributed by atoms with Crippen LogP contribution in [0.3, 0.4) is 0 Å². The lowest BCUT2D eigenvalue weighted by atomic mass is 9.71. The molecule has 0 saturated carbocycles. The Bertz CT molecular complexity index is 1540. The van der Waals surface area contributed by atoms with E-state index in [1.54, 1.807) is 30.5 Å². The molecule has 0 radical (unpaired) electrons. The van der Waals surface area contributed by atoms with Crippen molar-refractivity contribution in [2.45, 2.75) is 36.4 Å². The minimum atomic E-state index is -4.01. The Labute approximate surface area is 237 Å². The molecule has 3 saturated heterocycles. The summed E-state index contributed by atoms with van der Waals surface area (Å²) in [7, 11) is -4.01. The van der Waals surface area contributed by atoms with Gasteiger partial charge in [-0.15, -0.1) is 6.58 Å². The topological polar surface area (TPSA) is 56.3 Å². The first-order valence-electron chi connectivity index (χ1n) is 13.3. The lowest BCUT2D eigenvalue weighted by molar-refractivity contribution is -0.984. The Hall–Kier alpha value is -3.03. The van der Waals surface area contributed by atoms with Crippen LogP contribution in [0.15, 0.2) is 115 Å². The van der Waals surface area contributed by atoms with Gasteiger partial charge in [0.05, 0.1) is 23.5 Å². The molecule has 7 heteroatoms. The van der Waals surface area contributed by atoms with Crippen molar-refractivity contribution in [1.29, 1.82) is 0 Å². The van der Waals surface area contributed by atoms with E-state index in [1.807, 2.05) is 42.5 Å². The zero-order chi connectivity index (χ0) is 26.2. The summed E-state index contributed by atoms with van der Waals surface area (Å²) in [5, 5.41) is 0.934. The van der Waals surface area contributed by atoms with Gasteiger partial charge in [-0.05, 0) is 35.7 Å². The van der Waals surface area contributed by atoms with Crippen LogP contribution in [0, 0.1) is 11.8 Å². The third kappa shape index (κ3) is 5.27. The SMILES string of the molecule is C=C[C@H]1C[N+]2(Cc3ccccc3)CC[C@H]1C[C@H]2[C@H](OS(=O)(=O)c1ccccc1)c1ccnc2ccccc12.[Cl-]. The van der Waals surface area contributed by atoms with Crippen LogP contribution in [0.25, 0.3) is 10.9 Å². The second-order valence-corrected chi connectivity index (χ2v) is 12.3. The number of benzene rings is 3. The average Bonchev–Trinajstić information content (AvgIpc) is 2.96. The molecule has 202 valence electrons. The quantitative estimate of drug-likeness (QED) is 0.188. The van der Waals surface area contributed by atoms with E-state index in [0.717, 1.165) is 53.4 Å². The minimum Gasteiger partial charge on any atom is -1.00 e. The van der Waals surface area contributed by atoms with Crippen molar-refractivity contribution in [1.82, 2.24) is 4.98 Å². The molecular formula is C32H33ClN2O3S. The molecule has 5 nitrogen and oxygen atoms in total. The van der Waals surface area contributed by atoms with Crippen LogP contribution in [-0.2, 0) is 20.8 Å². The van der Waals surface area contributed by atoms with Gasteiger partial charge in [0.2, 0.25) is 0 Å². The maximum Gasteiger partial charge on any atom is 0.297 e. The fourth-order valence-corrected chi connectivity index (χ4v) is 7.89. The van der Waals surface area contributed by atoms with E-state index in [9.17, 15) is 8.42 Å². The van der Waals surface area contributed by atoms with Gasteiger partial charge in [-0.3, -0.25) is 9.17 Å². The number of hydrogen-bond donors (Lipinski definition) is 0. The van der Waals surface area contributed by atoms with Gasteiger partial charge in [0, 0.05) is 35.9 Å². The van der Waals surface area contributed by atoms with Crippen molar-refractivity contribution >= 4 is 21.0 Å². The Kier molecular flexibility index (Phi) is 7.92. The summed E-state index contributed by atoms with van der Waals surface area (Å²) in [5.41, 5.74) is 2.98. The van der Waals surface area contributed by atoms with Gasteiger partial charge in [0.15, 0.2) is 6.10 Å². The number of quaternary nitrogens is 1. The molecule has 1 unspecified atom stereocenters. The van der Waals surface area contributed by atoms with E-state index in [4.69, 9.17) is 4.18 Å². The van der Waals surface area contributed by atoms with Crippen LogP contribution in [0.2, 0.25) is 0 Å². The van der Waals surface area contributed by atoms with Crippen LogP contribution < -0.4 is 12.4 Å². The molecular weight excluding hydrogens is 528 g/mol. The number of hydrogen-bond acceptors (Lipinski definition) is 4. The van der Waals surface area contributed by atoms with Crippen LogP contribution in [0.5, 0.6) is 0 Å². The van der Waals surface area contributed by atoms with Crippen molar-refractivity contribution in [3.8, 4) is 0 Å². The molecule has 3 aliphatic rings. The molecule has 3 aromatic carbocycles. The lowest BCUT2D eigenvalue weighted by Gasteiger charge is -2.58. The van der Waals surface area contributed by atoms with Crippen LogP contribution in [0.4, 0.5) is 0 Å². The first kappa shape index (κ1) is 27.5. The highest BCUT2D eigenvalue weighted by Gasteiger charge is 2.55. The smallest absolute Gasteiger partial charge is 0.297 e. The molecule has 0 N–H and O–H groups in total. The molecule has 0 aliphatic carbocycles. The standard InChI is InChI=1S/C32H33N2O3S.ClH/c1-2-25-23-34(22-24-11-5-3-6-12-24)20-18-26(25)21-31(34)32(37-38(35,36)27-13-7-4-8-14-27)29-17-19-33-30-16-10-9-15-28(29)30;/h2-17,19,25-26,31-32H,1,18,20-23H2;1H/q+1;/p-1/t25-,26-,31-,32+,34?;/m0./s1. The monoisotopic (exact) mass is 560 g/mol. The number of aromatic nitrogens is 1. The summed E-state index contributed by atoms with van der Waals surface area (Å²) < 4.78 is 34.6. The number of pyridine rings is 1. The fraction of sp³-hybridized carbons (Fsp3) is 0.281. The second-order valence-electron chi connectivity index (χ2n) is 10.7. The maximum atomic E-state index is 13.7. The number of halogens is 1. The Balaban J connectivity index is 0.00000308. The molecule has 4 heterocycles. The highest BCUT2D eigenvalue weighted by molar-refractivity contribution is 7.86. The van der Waals surface area contributed by atoms with E-state index in [0.29, 0.717) is 11.8 Å². The van der Waals surface area contributed by atoms with Gasteiger partial charge in [-0.1, -0.05) is 72.8 Å². The van der Waals surface area contributed by atoms with E-state index in [-0.39, 0.29) is 23.3 Å². The molecule has 0 spiro atoms. The van der Waals surface area contributed by atoms with Crippen LogP contribution in [0.1, 0.15) is 30.1 Å². The number of fused-ring (bicyclic) bond motifs is 4. The molecule has 2 bridgehead atoms. The van der Waals surface area contributed by atoms with Gasteiger partial charge in [0.25, 0.3) is 10.1 Å². The molecule has 39 heavy (non-hydrogen) atoms. The lowest BCUT2D eigenvalue weighted by Crippen LogP contribution is -3.00. The first-order chi connectivity index (χ1) is 18.5. The largest absolute Gasteiger partial charge is 1.00 e. The van der Waals surface area contributed by atoms with E-state index in [1.165, 1.54) is 5.56 Å². The minimum absolute atomic E-state index is 0. The van der Waals surface area contributed by atoms with Gasteiger partial charge >= 0.3 is 0 Å². The summed E-state index contributed by atoms with van der Waals surface area (Å²) in [6.45, 7) is 6.92. The molecule has 7 rings (SSSR count). The van der Waals surface area contributed by atoms with Crippen molar-refractivity contribution in [3.63, 3.8) is 0 Å². The van der Waals surface area contributed by atoms with E-state index in [2.05, 4.69) is 41.9 Å². The molecule has 1 aromatic heterocycles. The number of para-hydroxylation sites is 1. The summed E-state index contributed by atoms with van der Waals surface area (Å²) >= 11 is 0. The van der Waals surface area contributed by atoms with E-state index < -0.39 is 16.2 Å². The molecule has 0 amide bonds. The molecule has 5 atom stereocenters. The average molecular weight is 561 g/mol. The predicted octanol–water partition coefficient (Wildman–Crippen LogP) is 3.30. The fourth-order valence-electron chi connectivity index (χ4n) is 6.78. The van der Waals surface area contributed by atoms with Crippen molar-refractivity contribution in [2.24, 2.45) is 11.8 Å². The van der Waals surface area contributed by atoms with Gasteiger partial charge in [-0.25, -0.2) is 0 Å². The van der Waals surface area contributed by atoms with Crippen molar-refractivity contribution < 1.29 is 29.5 Å². The maximum absolute atomic E-state index is 13.7. The highest BCUT2D eigenvalue weighted by Crippen LogP contribution is 2.49.